The average Bonchev–Trinajstić information content (AvgIpc) is 3.12. The zero-order valence-electron chi connectivity index (χ0n) is 21.0. The van der Waals surface area contributed by atoms with Crippen molar-refractivity contribution < 1.29 is 24.2 Å². The van der Waals surface area contributed by atoms with Crippen LogP contribution < -0.4 is 5.32 Å². The number of esters is 1. The van der Waals surface area contributed by atoms with Crippen molar-refractivity contribution >= 4 is 17.7 Å². The van der Waals surface area contributed by atoms with Crippen LogP contribution in [0.3, 0.4) is 0 Å². The van der Waals surface area contributed by atoms with Crippen LogP contribution in [0.15, 0.2) is 42.0 Å². The molecule has 0 aromatic heterocycles. The second-order valence-electron chi connectivity index (χ2n) is 9.26. The summed E-state index contributed by atoms with van der Waals surface area (Å²) in [6, 6.07) is 9.07. The summed E-state index contributed by atoms with van der Waals surface area (Å²) in [5, 5.41) is 13.8. The molecule has 0 fully saturated rings. The second-order valence-corrected chi connectivity index (χ2v) is 9.26. The normalized spacial score (nSPS) is 18.3. The molecule has 34 heavy (non-hydrogen) atoms. The standard InChI is InChI=1S/C28H43NO5/c1-3-5-7-8-9-10-11-12-13-17-20-25(33-27(31)29-23-18-15-14-16-19-23)24-22-26(30)34-28(24,32)21-6-4-2/h14-16,18-19,22,25,32H,3-13,17,20-21H2,1-2H3,(H,29,31). The van der Waals surface area contributed by atoms with Gasteiger partial charge in [-0.05, 0) is 31.4 Å². The van der Waals surface area contributed by atoms with Gasteiger partial charge in [0.25, 0.3) is 0 Å². The molecule has 190 valence electrons. The van der Waals surface area contributed by atoms with E-state index in [1.54, 1.807) is 12.1 Å². The molecular weight excluding hydrogens is 430 g/mol. The molecule has 0 bridgehead atoms. The van der Waals surface area contributed by atoms with Crippen molar-refractivity contribution in [1.29, 1.82) is 0 Å². The summed E-state index contributed by atoms with van der Waals surface area (Å²) in [5.41, 5.74) is 0.976. The Bertz CT molecular complexity index is 763. The van der Waals surface area contributed by atoms with Gasteiger partial charge in [0.15, 0.2) is 0 Å². The fraction of sp³-hybridized carbons (Fsp3) is 0.643. The van der Waals surface area contributed by atoms with Crippen LogP contribution in [0.4, 0.5) is 10.5 Å². The molecule has 2 rings (SSSR count). The Labute approximate surface area is 205 Å². The van der Waals surface area contributed by atoms with Gasteiger partial charge in [0.05, 0.1) is 0 Å². The van der Waals surface area contributed by atoms with Gasteiger partial charge in [0.2, 0.25) is 5.79 Å². The summed E-state index contributed by atoms with van der Waals surface area (Å²) in [6.45, 7) is 4.24. The zero-order valence-corrected chi connectivity index (χ0v) is 21.0. The van der Waals surface area contributed by atoms with Gasteiger partial charge in [0, 0.05) is 23.8 Å². The van der Waals surface area contributed by atoms with E-state index >= 15 is 0 Å². The topological polar surface area (TPSA) is 84.9 Å². The van der Waals surface area contributed by atoms with Gasteiger partial charge in [-0.3, -0.25) is 5.32 Å². The van der Waals surface area contributed by atoms with Gasteiger partial charge in [-0.15, -0.1) is 0 Å². The van der Waals surface area contributed by atoms with Crippen molar-refractivity contribution in [3.8, 4) is 0 Å². The Balaban J connectivity index is 1.91. The monoisotopic (exact) mass is 473 g/mol. The maximum Gasteiger partial charge on any atom is 0.412 e. The van der Waals surface area contributed by atoms with E-state index in [-0.39, 0.29) is 0 Å². The van der Waals surface area contributed by atoms with Gasteiger partial charge in [-0.2, -0.15) is 0 Å². The third-order valence-corrected chi connectivity index (χ3v) is 6.30. The molecule has 0 saturated carbocycles. The van der Waals surface area contributed by atoms with Crippen molar-refractivity contribution in [3.63, 3.8) is 0 Å². The number of nitrogens with one attached hydrogen (secondary N) is 1. The summed E-state index contributed by atoms with van der Waals surface area (Å²) < 4.78 is 11.0. The highest BCUT2D eigenvalue weighted by molar-refractivity contribution is 5.87. The number of ether oxygens (including phenoxy) is 2. The first-order chi connectivity index (χ1) is 16.5. The molecule has 2 atom stereocenters. The first-order valence-electron chi connectivity index (χ1n) is 13.2. The van der Waals surface area contributed by atoms with E-state index in [4.69, 9.17) is 9.47 Å². The van der Waals surface area contributed by atoms with Crippen molar-refractivity contribution in [2.75, 3.05) is 5.32 Å². The van der Waals surface area contributed by atoms with Crippen LogP contribution in [0.5, 0.6) is 0 Å². The number of cyclic esters (lactones) is 1. The molecule has 0 radical (unpaired) electrons. The number of amides is 1. The van der Waals surface area contributed by atoms with Crippen LogP contribution in [0, 0.1) is 0 Å². The molecule has 1 heterocycles. The van der Waals surface area contributed by atoms with Crippen LogP contribution in [0.2, 0.25) is 0 Å². The van der Waals surface area contributed by atoms with Gasteiger partial charge >= 0.3 is 12.1 Å². The largest absolute Gasteiger partial charge is 0.441 e. The Morgan fingerprint density at radius 3 is 2.15 bits per heavy atom. The van der Waals surface area contributed by atoms with E-state index < -0.39 is 24.0 Å². The number of para-hydroxylation sites is 1. The van der Waals surface area contributed by atoms with Crippen molar-refractivity contribution in [2.24, 2.45) is 0 Å². The lowest BCUT2D eigenvalue weighted by Crippen LogP contribution is -2.38. The van der Waals surface area contributed by atoms with Crippen molar-refractivity contribution in [1.82, 2.24) is 0 Å². The van der Waals surface area contributed by atoms with Gasteiger partial charge < -0.3 is 14.6 Å². The van der Waals surface area contributed by atoms with Gasteiger partial charge in [-0.1, -0.05) is 96.3 Å². The molecule has 1 aromatic rings. The maximum atomic E-state index is 12.6. The molecule has 2 N–H and O–H groups in total. The number of rotatable bonds is 17. The maximum absolute atomic E-state index is 12.6. The van der Waals surface area contributed by atoms with E-state index in [9.17, 15) is 14.7 Å². The Hall–Kier alpha value is -2.34. The van der Waals surface area contributed by atoms with E-state index in [0.717, 1.165) is 25.7 Å². The summed E-state index contributed by atoms with van der Waals surface area (Å²) in [7, 11) is 0. The highest BCUT2D eigenvalue weighted by Gasteiger charge is 2.45. The lowest BCUT2D eigenvalue weighted by Gasteiger charge is -2.30. The number of carbonyl (C=O) groups excluding carboxylic acids is 2. The number of hydrogen-bond donors (Lipinski definition) is 2. The fourth-order valence-electron chi connectivity index (χ4n) is 4.34. The van der Waals surface area contributed by atoms with Crippen molar-refractivity contribution in [2.45, 2.75) is 116 Å². The molecule has 6 heteroatoms. The molecule has 0 spiro atoms. The summed E-state index contributed by atoms with van der Waals surface area (Å²) in [4.78, 5) is 24.6. The highest BCUT2D eigenvalue weighted by Crippen LogP contribution is 2.36. The summed E-state index contributed by atoms with van der Waals surface area (Å²) >= 11 is 0. The zero-order chi connectivity index (χ0) is 24.7. The summed E-state index contributed by atoms with van der Waals surface area (Å²) in [6.07, 6.45) is 14.3. The first kappa shape index (κ1) is 27.9. The molecule has 1 aliphatic heterocycles. The molecule has 0 aliphatic carbocycles. The van der Waals surface area contributed by atoms with Gasteiger partial charge in [-0.25, -0.2) is 9.59 Å². The Kier molecular flexibility index (Phi) is 12.8. The third-order valence-electron chi connectivity index (χ3n) is 6.30. The molecule has 1 amide bonds. The minimum absolute atomic E-state index is 0.291. The molecule has 2 unspecified atom stereocenters. The third kappa shape index (κ3) is 9.88. The average molecular weight is 474 g/mol. The predicted octanol–water partition coefficient (Wildman–Crippen LogP) is 7.28. The fourth-order valence-corrected chi connectivity index (χ4v) is 4.34. The number of anilines is 1. The lowest BCUT2D eigenvalue weighted by molar-refractivity contribution is -0.186. The number of unbranched alkanes of at least 4 members (excludes halogenated alkanes) is 10. The Morgan fingerprint density at radius 2 is 1.53 bits per heavy atom. The SMILES string of the molecule is CCCCCCCCCCCCC(OC(=O)Nc1ccccc1)C1=CC(=O)OC1(O)CCCC. The van der Waals surface area contributed by atoms with Crippen LogP contribution in [-0.2, 0) is 14.3 Å². The lowest BCUT2D eigenvalue weighted by atomic mass is 9.93. The highest BCUT2D eigenvalue weighted by atomic mass is 16.7. The van der Waals surface area contributed by atoms with E-state index in [1.165, 1.54) is 51.0 Å². The van der Waals surface area contributed by atoms with Crippen LogP contribution in [0.1, 0.15) is 104 Å². The van der Waals surface area contributed by atoms with Crippen LogP contribution >= 0.6 is 0 Å². The minimum Gasteiger partial charge on any atom is -0.441 e. The molecule has 1 aliphatic rings. The van der Waals surface area contributed by atoms with E-state index in [1.807, 2.05) is 25.1 Å². The number of aliphatic hydroxyl groups is 1. The molecule has 6 nitrogen and oxygen atoms in total. The molecular formula is C28H43NO5. The smallest absolute Gasteiger partial charge is 0.412 e. The quantitative estimate of drug-likeness (QED) is 0.183. The summed E-state index contributed by atoms with van der Waals surface area (Å²) in [5.74, 6) is -2.29. The van der Waals surface area contributed by atoms with Gasteiger partial charge in [0.1, 0.15) is 6.10 Å². The Morgan fingerprint density at radius 1 is 0.941 bits per heavy atom. The van der Waals surface area contributed by atoms with Crippen molar-refractivity contribution in [3.05, 3.63) is 42.0 Å². The van der Waals surface area contributed by atoms with E-state index in [2.05, 4.69) is 12.2 Å². The second kappa shape index (κ2) is 15.5. The molecule has 0 saturated heterocycles. The minimum atomic E-state index is -1.71. The predicted molar refractivity (Wildman–Crippen MR) is 135 cm³/mol. The number of benzene rings is 1. The van der Waals surface area contributed by atoms with E-state index in [0.29, 0.717) is 30.5 Å². The van der Waals surface area contributed by atoms with Crippen LogP contribution in [-0.4, -0.2) is 29.1 Å². The van der Waals surface area contributed by atoms with Crippen LogP contribution in [0.25, 0.3) is 0 Å². The number of carbonyl (C=O) groups is 2. The first-order valence-corrected chi connectivity index (χ1v) is 13.2. The molecule has 1 aromatic carbocycles. The number of hydrogen-bond acceptors (Lipinski definition) is 5.